The standard InChI is InChI=1S/C23H24N2O/c1-17-7-8-19-9-10-22(23(26)21(19)15-17)25-13-11-20(12-14-25)24-16-18-5-3-2-4-6-18/h3,5-8,11-15,22H,2,4,9-10,16H2,1H3/p+1. The zero-order valence-corrected chi connectivity index (χ0v) is 15.2. The maximum Gasteiger partial charge on any atom is 0.230 e. The van der Waals surface area contributed by atoms with Crippen molar-refractivity contribution in [2.45, 2.75) is 38.6 Å². The Morgan fingerprint density at radius 2 is 2.00 bits per heavy atom. The lowest BCUT2D eigenvalue weighted by Crippen LogP contribution is -2.45. The first kappa shape index (κ1) is 16.8. The Balaban J connectivity index is 1.46. The molecule has 1 heterocycles. The van der Waals surface area contributed by atoms with E-state index in [1.165, 1.54) is 11.1 Å². The molecule has 2 aliphatic rings. The second kappa shape index (κ2) is 7.28. The van der Waals surface area contributed by atoms with E-state index in [2.05, 4.69) is 52.4 Å². The molecule has 1 unspecified atom stereocenters. The minimum Gasteiger partial charge on any atom is -0.381 e. The van der Waals surface area contributed by atoms with Gasteiger partial charge in [-0.25, -0.2) is 0 Å². The summed E-state index contributed by atoms with van der Waals surface area (Å²) in [7, 11) is 0. The number of benzene rings is 1. The molecule has 0 aliphatic heterocycles. The van der Waals surface area contributed by atoms with Crippen LogP contribution < -0.4 is 9.88 Å². The van der Waals surface area contributed by atoms with Crippen molar-refractivity contribution in [1.82, 2.24) is 0 Å². The van der Waals surface area contributed by atoms with Gasteiger partial charge >= 0.3 is 0 Å². The van der Waals surface area contributed by atoms with Crippen molar-refractivity contribution in [2.75, 3.05) is 11.9 Å². The summed E-state index contributed by atoms with van der Waals surface area (Å²) in [4.78, 5) is 12.9. The number of pyridine rings is 1. The largest absolute Gasteiger partial charge is 0.381 e. The molecule has 3 heteroatoms. The highest BCUT2D eigenvalue weighted by Gasteiger charge is 2.33. The van der Waals surface area contributed by atoms with Crippen LogP contribution in [0.4, 0.5) is 5.69 Å². The predicted octanol–water partition coefficient (Wildman–Crippen LogP) is 4.34. The molecule has 0 spiro atoms. The molecule has 26 heavy (non-hydrogen) atoms. The lowest BCUT2D eigenvalue weighted by molar-refractivity contribution is -0.708. The molecule has 0 saturated carbocycles. The van der Waals surface area contributed by atoms with Crippen LogP contribution in [0.1, 0.15) is 46.8 Å². The summed E-state index contributed by atoms with van der Waals surface area (Å²) < 4.78 is 2.05. The quantitative estimate of drug-likeness (QED) is 0.836. The Labute approximate surface area is 155 Å². The number of carbonyl (C=O) groups is 1. The fourth-order valence-electron chi connectivity index (χ4n) is 3.79. The molecular weight excluding hydrogens is 320 g/mol. The molecule has 1 aromatic carbocycles. The van der Waals surface area contributed by atoms with Crippen LogP contribution in [0.25, 0.3) is 0 Å². The Morgan fingerprint density at radius 3 is 2.77 bits per heavy atom. The number of carbonyl (C=O) groups excluding carboxylic acids is 1. The molecular formula is C23H25N2O+. The third-order valence-electron chi connectivity index (χ3n) is 5.30. The first-order valence-corrected chi connectivity index (χ1v) is 9.45. The van der Waals surface area contributed by atoms with Gasteiger partial charge in [-0.15, -0.1) is 0 Å². The average Bonchev–Trinajstić information content (AvgIpc) is 2.68. The van der Waals surface area contributed by atoms with Gasteiger partial charge in [0.1, 0.15) is 0 Å². The van der Waals surface area contributed by atoms with Gasteiger partial charge in [0.05, 0.1) is 0 Å². The van der Waals surface area contributed by atoms with E-state index in [-0.39, 0.29) is 11.8 Å². The van der Waals surface area contributed by atoms with E-state index < -0.39 is 0 Å². The number of Topliss-reactive ketones (excluding diaryl/α,β-unsaturated/α-hetero) is 1. The van der Waals surface area contributed by atoms with Gasteiger partial charge in [0.2, 0.25) is 11.8 Å². The van der Waals surface area contributed by atoms with Crippen LogP contribution in [-0.2, 0) is 6.42 Å². The number of nitrogens with one attached hydrogen (secondary N) is 1. The van der Waals surface area contributed by atoms with Crippen LogP contribution >= 0.6 is 0 Å². The van der Waals surface area contributed by atoms with Gasteiger partial charge in [0.15, 0.2) is 12.4 Å². The number of aryl methyl sites for hydroxylation is 2. The van der Waals surface area contributed by atoms with Crippen molar-refractivity contribution in [2.24, 2.45) is 0 Å². The molecule has 0 radical (unpaired) electrons. The van der Waals surface area contributed by atoms with Crippen molar-refractivity contribution >= 4 is 11.5 Å². The molecule has 2 aromatic rings. The Bertz CT molecular complexity index is 878. The first-order valence-electron chi connectivity index (χ1n) is 9.45. The highest BCUT2D eigenvalue weighted by Crippen LogP contribution is 2.26. The highest BCUT2D eigenvalue weighted by molar-refractivity contribution is 6.00. The Morgan fingerprint density at radius 1 is 1.15 bits per heavy atom. The Hall–Kier alpha value is -2.68. The van der Waals surface area contributed by atoms with Crippen molar-refractivity contribution in [3.05, 3.63) is 83.2 Å². The lowest BCUT2D eigenvalue weighted by Gasteiger charge is -2.20. The van der Waals surface area contributed by atoms with E-state index >= 15 is 0 Å². The number of aromatic nitrogens is 1. The van der Waals surface area contributed by atoms with Crippen molar-refractivity contribution in [3.8, 4) is 0 Å². The van der Waals surface area contributed by atoms with Crippen LogP contribution in [0.3, 0.4) is 0 Å². The number of rotatable bonds is 4. The Kier molecular flexibility index (Phi) is 4.70. The summed E-state index contributed by atoms with van der Waals surface area (Å²) in [5.41, 5.74) is 5.65. The molecule has 1 atom stereocenters. The van der Waals surface area contributed by atoms with E-state index in [1.807, 2.05) is 25.4 Å². The van der Waals surface area contributed by atoms with Gasteiger partial charge in [0.25, 0.3) is 0 Å². The summed E-state index contributed by atoms with van der Waals surface area (Å²) in [6.45, 7) is 2.89. The van der Waals surface area contributed by atoms with Crippen molar-refractivity contribution in [3.63, 3.8) is 0 Å². The minimum absolute atomic E-state index is 0.0951. The van der Waals surface area contributed by atoms with Crippen molar-refractivity contribution in [1.29, 1.82) is 0 Å². The summed E-state index contributed by atoms with van der Waals surface area (Å²) in [6.07, 6.45) is 14.9. The van der Waals surface area contributed by atoms with Gasteiger partial charge in [-0.05, 0) is 43.4 Å². The fourth-order valence-corrected chi connectivity index (χ4v) is 3.79. The normalized spacial score (nSPS) is 19.0. The van der Waals surface area contributed by atoms with Crippen molar-refractivity contribution < 1.29 is 9.36 Å². The third kappa shape index (κ3) is 3.48. The summed E-state index contributed by atoms with van der Waals surface area (Å²) in [5, 5.41) is 3.46. The maximum absolute atomic E-state index is 12.9. The second-order valence-corrected chi connectivity index (χ2v) is 7.23. The topological polar surface area (TPSA) is 33.0 Å². The van der Waals surface area contributed by atoms with E-state index in [4.69, 9.17) is 0 Å². The van der Waals surface area contributed by atoms with Gasteiger partial charge in [0, 0.05) is 36.3 Å². The molecule has 0 bridgehead atoms. The van der Waals surface area contributed by atoms with E-state index in [1.54, 1.807) is 0 Å². The summed E-state index contributed by atoms with van der Waals surface area (Å²) in [5.74, 6) is 0.234. The molecule has 1 aromatic heterocycles. The highest BCUT2D eigenvalue weighted by atomic mass is 16.1. The first-order chi connectivity index (χ1) is 12.7. The average molecular weight is 345 g/mol. The molecule has 0 amide bonds. The third-order valence-corrected chi connectivity index (χ3v) is 5.30. The number of anilines is 1. The van der Waals surface area contributed by atoms with Crippen LogP contribution in [-0.4, -0.2) is 12.3 Å². The maximum atomic E-state index is 12.9. The van der Waals surface area contributed by atoms with Gasteiger partial charge in [-0.3, -0.25) is 4.79 Å². The molecule has 0 fully saturated rings. The zero-order valence-electron chi connectivity index (χ0n) is 15.2. The van der Waals surface area contributed by atoms with Crippen LogP contribution in [0.2, 0.25) is 0 Å². The van der Waals surface area contributed by atoms with E-state index in [9.17, 15) is 4.79 Å². The zero-order chi connectivity index (χ0) is 17.9. The van der Waals surface area contributed by atoms with Crippen LogP contribution in [0, 0.1) is 6.92 Å². The van der Waals surface area contributed by atoms with Crippen LogP contribution in [0.5, 0.6) is 0 Å². The van der Waals surface area contributed by atoms with Gasteiger partial charge in [-0.1, -0.05) is 35.9 Å². The molecule has 4 rings (SSSR count). The molecule has 3 nitrogen and oxygen atoms in total. The van der Waals surface area contributed by atoms with E-state index in [0.717, 1.165) is 49.0 Å². The fraction of sp³-hybridized carbons (Fsp3) is 0.304. The molecule has 0 saturated heterocycles. The van der Waals surface area contributed by atoms with E-state index in [0.29, 0.717) is 0 Å². The molecule has 2 aliphatic carbocycles. The number of nitrogens with zero attached hydrogens (tertiary/aromatic N) is 1. The number of allylic oxidation sites excluding steroid dienone is 2. The second-order valence-electron chi connectivity index (χ2n) is 7.23. The monoisotopic (exact) mass is 345 g/mol. The summed E-state index contributed by atoms with van der Waals surface area (Å²) in [6, 6.07) is 10.3. The van der Waals surface area contributed by atoms with Crippen LogP contribution in [0.15, 0.2) is 66.5 Å². The number of hydrogen-bond acceptors (Lipinski definition) is 2. The van der Waals surface area contributed by atoms with Gasteiger partial charge < -0.3 is 5.32 Å². The molecule has 1 N–H and O–H groups in total. The molecule has 132 valence electrons. The lowest BCUT2D eigenvalue weighted by atomic mass is 9.86. The number of ketones is 1. The predicted molar refractivity (Wildman–Crippen MR) is 104 cm³/mol. The van der Waals surface area contributed by atoms with Gasteiger partial charge in [-0.2, -0.15) is 4.57 Å². The smallest absolute Gasteiger partial charge is 0.230 e. The summed E-state index contributed by atoms with van der Waals surface area (Å²) >= 11 is 0. The SMILES string of the molecule is Cc1ccc2c(c1)C(=O)C([n+]1ccc(NCC3=CCCC=C3)cc1)CC2. The number of hydrogen-bond donors (Lipinski definition) is 1. The minimum atomic E-state index is -0.0951. The number of fused-ring (bicyclic) bond motifs is 1.